The lowest BCUT2D eigenvalue weighted by Gasteiger charge is -2.00. The molecule has 0 N–H and O–H groups in total. The fourth-order valence-electron chi connectivity index (χ4n) is 1.30. The summed E-state index contributed by atoms with van der Waals surface area (Å²) in [6.45, 7) is 2.02. The van der Waals surface area contributed by atoms with Crippen LogP contribution >= 0.6 is 0 Å². The smallest absolute Gasteiger partial charge is 0.0595 e. The fraction of sp³-hybridized carbons (Fsp3) is 0.182. The zero-order chi connectivity index (χ0) is 9.10. The SMILES string of the molecule is CC1=CCC=C(n2cccc2)C=N1. The van der Waals surface area contributed by atoms with Gasteiger partial charge in [-0.3, -0.25) is 4.99 Å². The first-order chi connectivity index (χ1) is 6.36. The van der Waals surface area contributed by atoms with Crippen molar-refractivity contribution in [1.82, 2.24) is 4.57 Å². The number of aliphatic imine (C=N–C) groups is 1. The number of hydrogen-bond donors (Lipinski definition) is 0. The summed E-state index contributed by atoms with van der Waals surface area (Å²) in [5.41, 5.74) is 2.22. The Balaban J connectivity index is 2.28. The van der Waals surface area contributed by atoms with E-state index in [0.29, 0.717) is 0 Å². The van der Waals surface area contributed by atoms with E-state index in [2.05, 4.69) is 21.7 Å². The van der Waals surface area contributed by atoms with Gasteiger partial charge in [-0.2, -0.15) is 0 Å². The van der Waals surface area contributed by atoms with Crippen LogP contribution in [0.25, 0.3) is 5.70 Å². The molecular weight excluding hydrogens is 160 g/mol. The average Bonchev–Trinajstić information content (AvgIpc) is 2.56. The van der Waals surface area contributed by atoms with Crippen LogP contribution in [0, 0.1) is 0 Å². The minimum atomic E-state index is 0.958. The van der Waals surface area contributed by atoms with E-state index in [0.717, 1.165) is 17.8 Å². The van der Waals surface area contributed by atoms with Crippen LogP contribution in [0.3, 0.4) is 0 Å². The highest BCUT2D eigenvalue weighted by Gasteiger charge is 1.97. The summed E-state index contributed by atoms with van der Waals surface area (Å²) in [6, 6.07) is 4.03. The second-order valence-electron chi connectivity index (χ2n) is 3.06. The predicted octanol–water partition coefficient (Wildman–Crippen LogP) is 2.71. The van der Waals surface area contributed by atoms with Crippen molar-refractivity contribution in [3.05, 3.63) is 42.4 Å². The number of allylic oxidation sites excluding steroid dienone is 4. The van der Waals surface area contributed by atoms with Gasteiger partial charge in [0.25, 0.3) is 0 Å². The van der Waals surface area contributed by atoms with Crippen molar-refractivity contribution in [3.63, 3.8) is 0 Å². The zero-order valence-electron chi connectivity index (χ0n) is 7.64. The van der Waals surface area contributed by atoms with E-state index in [-0.39, 0.29) is 0 Å². The van der Waals surface area contributed by atoms with Crippen LogP contribution < -0.4 is 0 Å². The molecule has 1 aromatic rings. The molecule has 0 unspecified atom stereocenters. The monoisotopic (exact) mass is 172 g/mol. The lowest BCUT2D eigenvalue weighted by atomic mass is 10.3. The predicted molar refractivity (Wildman–Crippen MR) is 55.6 cm³/mol. The molecule has 1 aliphatic heterocycles. The Kier molecular flexibility index (Phi) is 2.13. The maximum absolute atomic E-state index is 4.31. The first-order valence-electron chi connectivity index (χ1n) is 4.40. The molecule has 1 aliphatic rings. The van der Waals surface area contributed by atoms with Crippen molar-refractivity contribution in [3.8, 4) is 0 Å². The van der Waals surface area contributed by atoms with E-state index >= 15 is 0 Å². The van der Waals surface area contributed by atoms with Gasteiger partial charge in [-0.05, 0) is 25.5 Å². The zero-order valence-corrected chi connectivity index (χ0v) is 7.64. The van der Waals surface area contributed by atoms with Crippen molar-refractivity contribution in [2.45, 2.75) is 13.3 Å². The van der Waals surface area contributed by atoms with E-state index in [1.165, 1.54) is 0 Å². The molecule has 0 aliphatic carbocycles. The molecule has 2 rings (SSSR count). The van der Waals surface area contributed by atoms with Crippen molar-refractivity contribution in [2.75, 3.05) is 0 Å². The topological polar surface area (TPSA) is 17.3 Å². The third-order valence-corrected chi connectivity index (χ3v) is 2.04. The van der Waals surface area contributed by atoms with Crippen LogP contribution in [-0.2, 0) is 0 Å². The molecule has 2 heteroatoms. The van der Waals surface area contributed by atoms with Crippen molar-refractivity contribution in [1.29, 1.82) is 0 Å². The van der Waals surface area contributed by atoms with E-state index in [9.17, 15) is 0 Å². The summed E-state index contributed by atoms with van der Waals surface area (Å²) in [6.07, 6.45) is 11.2. The van der Waals surface area contributed by atoms with Crippen LogP contribution in [0.5, 0.6) is 0 Å². The molecule has 0 saturated carbocycles. The molecule has 2 heterocycles. The summed E-state index contributed by atoms with van der Waals surface area (Å²) in [7, 11) is 0. The van der Waals surface area contributed by atoms with Gasteiger partial charge >= 0.3 is 0 Å². The lowest BCUT2D eigenvalue weighted by molar-refractivity contribution is 1.14. The van der Waals surface area contributed by atoms with Gasteiger partial charge in [0.2, 0.25) is 0 Å². The lowest BCUT2D eigenvalue weighted by Crippen LogP contribution is -1.93. The maximum Gasteiger partial charge on any atom is 0.0595 e. The normalized spacial score (nSPS) is 16.4. The molecule has 0 aromatic carbocycles. The number of nitrogens with zero attached hydrogens (tertiary/aromatic N) is 2. The highest BCUT2D eigenvalue weighted by molar-refractivity contribution is 6.02. The Morgan fingerprint density at radius 3 is 2.77 bits per heavy atom. The Labute approximate surface area is 77.9 Å². The number of aromatic nitrogens is 1. The third kappa shape index (κ3) is 1.78. The van der Waals surface area contributed by atoms with Gasteiger partial charge in [-0.15, -0.1) is 0 Å². The maximum atomic E-state index is 4.31. The Morgan fingerprint density at radius 1 is 1.23 bits per heavy atom. The van der Waals surface area contributed by atoms with Gasteiger partial charge in [0.05, 0.1) is 11.9 Å². The minimum absolute atomic E-state index is 0.958. The van der Waals surface area contributed by atoms with Crippen LogP contribution in [0.4, 0.5) is 0 Å². The molecule has 0 amide bonds. The molecule has 66 valence electrons. The van der Waals surface area contributed by atoms with E-state index in [1.807, 2.05) is 37.7 Å². The molecule has 0 bridgehead atoms. The Morgan fingerprint density at radius 2 is 2.00 bits per heavy atom. The highest BCUT2D eigenvalue weighted by Crippen LogP contribution is 2.10. The molecule has 0 fully saturated rings. The first kappa shape index (κ1) is 8.05. The molecule has 0 spiro atoms. The van der Waals surface area contributed by atoms with Gasteiger partial charge in [-0.1, -0.05) is 12.2 Å². The van der Waals surface area contributed by atoms with Gasteiger partial charge in [0, 0.05) is 18.1 Å². The summed E-state index contributed by atoms with van der Waals surface area (Å²) in [5.74, 6) is 0. The third-order valence-electron chi connectivity index (χ3n) is 2.04. The summed E-state index contributed by atoms with van der Waals surface area (Å²) >= 11 is 0. The fourth-order valence-corrected chi connectivity index (χ4v) is 1.30. The molecule has 1 aromatic heterocycles. The van der Waals surface area contributed by atoms with Gasteiger partial charge < -0.3 is 4.57 Å². The Hall–Kier alpha value is -1.57. The van der Waals surface area contributed by atoms with Crippen molar-refractivity contribution < 1.29 is 0 Å². The molecule has 13 heavy (non-hydrogen) atoms. The van der Waals surface area contributed by atoms with Crippen LogP contribution in [0.2, 0.25) is 0 Å². The van der Waals surface area contributed by atoms with Gasteiger partial charge in [-0.25, -0.2) is 0 Å². The van der Waals surface area contributed by atoms with E-state index in [4.69, 9.17) is 0 Å². The number of rotatable bonds is 1. The largest absolute Gasteiger partial charge is 0.323 e. The van der Waals surface area contributed by atoms with Gasteiger partial charge in [0.15, 0.2) is 0 Å². The molecular formula is C11H12N2. The van der Waals surface area contributed by atoms with Crippen LogP contribution in [0.15, 0.2) is 47.4 Å². The standard InChI is InChI=1S/C11H12N2/c1-10-5-4-6-11(9-12-10)13-7-2-3-8-13/h2-3,5-9H,4H2,1H3. The second kappa shape index (κ2) is 3.44. The van der Waals surface area contributed by atoms with Crippen LogP contribution in [0.1, 0.15) is 13.3 Å². The van der Waals surface area contributed by atoms with Crippen molar-refractivity contribution in [2.24, 2.45) is 4.99 Å². The first-order valence-corrected chi connectivity index (χ1v) is 4.40. The van der Waals surface area contributed by atoms with Crippen LogP contribution in [-0.4, -0.2) is 10.8 Å². The second-order valence-corrected chi connectivity index (χ2v) is 3.06. The summed E-state index contributed by atoms with van der Waals surface area (Å²) in [5, 5.41) is 0. The molecule has 0 saturated heterocycles. The summed E-state index contributed by atoms with van der Waals surface area (Å²) in [4.78, 5) is 4.31. The van der Waals surface area contributed by atoms with E-state index in [1.54, 1.807) is 0 Å². The quantitative estimate of drug-likeness (QED) is 0.619. The molecule has 0 atom stereocenters. The molecule has 2 nitrogen and oxygen atoms in total. The number of hydrogen-bond acceptors (Lipinski definition) is 1. The van der Waals surface area contributed by atoms with Crippen molar-refractivity contribution >= 4 is 11.9 Å². The highest BCUT2D eigenvalue weighted by atomic mass is 15.0. The average molecular weight is 172 g/mol. The summed E-state index contributed by atoms with van der Waals surface area (Å²) < 4.78 is 2.07. The molecule has 0 radical (unpaired) electrons. The Bertz CT molecular complexity index is 367. The minimum Gasteiger partial charge on any atom is -0.323 e. The van der Waals surface area contributed by atoms with Gasteiger partial charge in [0.1, 0.15) is 0 Å². The van der Waals surface area contributed by atoms with E-state index < -0.39 is 0 Å².